The number of pyridine rings is 1. The monoisotopic (exact) mass is 346 g/mol. The molecule has 0 unspecified atom stereocenters. The molecule has 3 rings (SSSR count). The highest BCUT2D eigenvalue weighted by atomic mass is 32.1. The number of nitrogens with zero attached hydrogens (tertiary/aromatic N) is 5. The fourth-order valence-corrected chi connectivity index (χ4v) is 3.01. The molecule has 3 aromatic rings. The number of carbonyl (C=O) groups is 2. The van der Waals surface area contributed by atoms with Crippen LogP contribution in [0.3, 0.4) is 0 Å². The van der Waals surface area contributed by atoms with Crippen molar-refractivity contribution < 1.29 is 14.3 Å². The van der Waals surface area contributed by atoms with Gasteiger partial charge in [-0.25, -0.2) is 9.78 Å². The molecule has 0 bridgehead atoms. The lowest BCUT2D eigenvalue weighted by molar-refractivity contribution is 0.0593. The molecule has 0 aliphatic carbocycles. The molecule has 1 N–H and O–H groups in total. The van der Waals surface area contributed by atoms with Gasteiger partial charge in [-0.2, -0.15) is 4.52 Å². The van der Waals surface area contributed by atoms with Gasteiger partial charge in [0.25, 0.3) is 5.91 Å². The number of thiazole rings is 1. The number of fused-ring (bicyclic) bond motifs is 1. The lowest BCUT2D eigenvalue weighted by atomic mass is 10.1. The van der Waals surface area contributed by atoms with E-state index in [0.29, 0.717) is 16.3 Å². The normalized spacial score (nSPS) is 11.0. The molecule has 9 nitrogen and oxygen atoms in total. The van der Waals surface area contributed by atoms with E-state index in [0.717, 1.165) is 4.88 Å². The lowest BCUT2D eigenvalue weighted by Gasteiger charge is -2.02. The molecule has 10 heteroatoms. The number of hydrogen-bond acceptors (Lipinski definition) is 8. The summed E-state index contributed by atoms with van der Waals surface area (Å²) in [5, 5.41) is 14.1. The van der Waals surface area contributed by atoms with Gasteiger partial charge in [-0.3, -0.25) is 10.1 Å². The standard InChI is InChI=1S/C14H14N6O3S/c1-7(2)11-10(13(22)23-3)15-14(24-11)16-12(21)8-4-5-9-17-18-19-20(9)6-8/h4-7H,1-3H3,(H,15,16,21). The molecule has 124 valence electrons. The van der Waals surface area contributed by atoms with E-state index >= 15 is 0 Å². The molecule has 3 heterocycles. The first-order valence-corrected chi connectivity index (χ1v) is 7.89. The van der Waals surface area contributed by atoms with Gasteiger partial charge in [-0.15, -0.1) is 16.4 Å². The third-order valence-corrected chi connectivity index (χ3v) is 4.50. The molecule has 1 amide bonds. The highest BCUT2D eigenvalue weighted by Crippen LogP contribution is 2.30. The van der Waals surface area contributed by atoms with E-state index in [1.54, 1.807) is 12.1 Å². The van der Waals surface area contributed by atoms with Crippen LogP contribution in [0.25, 0.3) is 5.65 Å². The Kier molecular flexibility index (Phi) is 4.21. The van der Waals surface area contributed by atoms with Crippen LogP contribution < -0.4 is 5.32 Å². The van der Waals surface area contributed by atoms with Crippen molar-refractivity contribution in [3.8, 4) is 0 Å². The van der Waals surface area contributed by atoms with Crippen LogP contribution in [0.1, 0.15) is 45.5 Å². The average molecular weight is 346 g/mol. The summed E-state index contributed by atoms with van der Waals surface area (Å²) in [6.45, 7) is 3.88. The molecule has 0 aromatic carbocycles. The molecule has 0 aliphatic heterocycles. The Labute approximate surface area is 140 Å². The molecule has 0 fully saturated rings. The molecule has 0 saturated heterocycles. The van der Waals surface area contributed by atoms with Crippen LogP contribution >= 0.6 is 11.3 Å². The van der Waals surface area contributed by atoms with Crippen LogP contribution in [0.5, 0.6) is 0 Å². The van der Waals surface area contributed by atoms with Gasteiger partial charge in [0.15, 0.2) is 16.5 Å². The first-order valence-electron chi connectivity index (χ1n) is 7.07. The molecule has 3 aromatic heterocycles. The maximum Gasteiger partial charge on any atom is 0.357 e. The second kappa shape index (κ2) is 6.32. The molecule has 0 aliphatic rings. The third kappa shape index (κ3) is 2.95. The van der Waals surface area contributed by atoms with Crippen molar-refractivity contribution >= 4 is 34.0 Å². The van der Waals surface area contributed by atoms with E-state index in [2.05, 4.69) is 25.8 Å². The molecular weight excluding hydrogens is 332 g/mol. The van der Waals surface area contributed by atoms with Gasteiger partial charge in [0.1, 0.15) is 0 Å². The quantitative estimate of drug-likeness (QED) is 0.716. The van der Waals surface area contributed by atoms with Gasteiger partial charge in [0.05, 0.1) is 12.7 Å². The zero-order chi connectivity index (χ0) is 17.3. The number of aromatic nitrogens is 5. The van der Waals surface area contributed by atoms with E-state index in [4.69, 9.17) is 4.74 Å². The minimum Gasteiger partial charge on any atom is -0.464 e. The molecule has 24 heavy (non-hydrogen) atoms. The highest BCUT2D eigenvalue weighted by Gasteiger charge is 2.22. The summed E-state index contributed by atoms with van der Waals surface area (Å²) in [6.07, 6.45) is 1.52. The van der Waals surface area contributed by atoms with E-state index in [1.165, 1.54) is 29.2 Å². The van der Waals surface area contributed by atoms with Crippen LogP contribution in [0.2, 0.25) is 0 Å². The summed E-state index contributed by atoms with van der Waals surface area (Å²) in [4.78, 5) is 29.1. The maximum atomic E-state index is 12.4. The van der Waals surface area contributed by atoms with Crippen LogP contribution in [0.15, 0.2) is 18.3 Å². The molecule has 0 saturated carbocycles. The number of methoxy groups -OCH3 is 1. The summed E-state index contributed by atoms with van der Waals surface area (Å²) in [7, 11) is 1.30. The first-order chi connectivity index (χ1) is 11.5. The summed E-state index contributed by atoms with van der Waals surface area (Å²) in [5.74, 6) is -0.807. The Hall–Kier alpha value is -2.88. The molecule has 0 radical (unpaired) electrons. The number of esters is 1. The fraction of sp³-hybridized carbons (Fsp3) is 0.286. The number of nitrogens with one attached hydrogen (secondary N) is 1. The summed E-state index contributed by atoms with van der Waals surface area (Å²) < 4.78 is 6.14. The smallest absolute Gasteiger partial charge is 0.357 e. The largest absolute Gasteiger partial charge is 0.464 e. The number of rotatable bonds is 4. The Bertz CT molecular complexity index is 916. The topological polar surface area (TPSA) is 111 Å². The predicted octanol–water partition coefficient (Wildman–Crippen LogP) is 1.74. The summed E-state index contributed by atoms with van der Waals surface area (Å²) >= 11 is 1.25. The zero-order valence-electron chi connectivity index (χ0n) is 13.2. The highest BCUT2D eigenvalue weighted by molar-refractivity contribution is 7.16. The Morgan fingerprint density at radius 3 is 2.83 bits per heavy atom. The first kappa shape index (κ1) is 16.0. The van der Waals surface area contributed by atoms with Crippen molar-refractivity contribution in [2.24, 2.45) is 0 Å². The number of ether oxygens (including phenoxy) is 1. The molecule has 0 atom stereocenters. The van der Waals surface area contributed by atoms with Crippen LogP contribution in [0, 0.1) is 0 Å². The Balaban J connectivity index is 1.87. The summed E-state index contributed by atoms with van der Waals surface area (Å²) in [5.41, 5.74) is 1.13. The van der Waals surface area contributed by atoms with E-state index < -0.39 is 5.97 Å². The second-order valence-corrected chi connectivity index (χ2v) is 6.26. The van der Waals surface area contributed by atoms with Crippen molar-refractivity contribution in [3.63, 3.8) is 0 Å². The molecular formula is C14H14N6O3S. The SMILES string of the molecule is COC(=O)c1nc(NC(=O)c2ccc3nnnn3c2)sc1C(C)C. The Morgan fingerprint density at radius 1 is 1.33 bits per heavy atom. The molecule has 0 spiro atoms. The fourth-order valence-electron chi connectivity index (χ4n) is 2.06. The number of carbonyl (C=O) groups excluding carboxylic acids is 2. The zero-order valence-corrected chi connectivity index (χ0v) is 14.0. The maximum absolute atomic E-state index is 12.4. The minimum absolute atomic E-state index is 0.0832. The lowest BCUT2D eigenvalue weighted by Crippen LogP contribution is -2.13. The van der Waals surface area contributed by atoms with Gasteiger partial charge in [-0.05, 0) is 28.5 Å². The van der Waals surface area contributed by atoms with Crippen molar-refractivity contribution in [3.05, 3.63) is 34.5 Å². The average Bonchev–Trinajstić information content (AvgIpc) is 3.19. The van der Waals surface area contributed by atoms with Gasteiger partial charge in [0.2, 0.25) is 0 Å². The van der Waals surface area contributed by atoms with Gasteiger partial charge >= 0.3 is 5.97 Å². The summed E-state index contributed by atoms with van der Waals surface area (Å²) in [6, 6.07) is 3.25. The predicted molar refractivity (Wildman–Crippen MR) is 86.3 cm³/mol. The number of tetrazole rings is 1. The van der Waals surface area contributed by atoms with E-state index in [1.807, 2.05) is 13.8 Å². The van der Waals surface area contributed by atoms with Gasteiger partial charge in [0, 0.05) is 11.1 Å². The minimum atomic E-state index is -0.523. The van der Waals surface area contributed by atoms with Crippen molar-refractivity contribution in [1.82, 2.24) is 25.0 Å². The Morgan fingerprint density at radius 2 is 2.12 bits per heavy atom. The van der Waals surface area contributed by atoms with Crippen LogP contribution in [-0.4, -0.2) is 44.0 Å². The van der Waals surface area contributed by atoms with Crippen molar-refractivity contribution in [2.75, 3.05) is 12.4 Å². The van der Waals surface area contributed by atoms with Crippen LogP contribution in [0.4, 0.5) is 5.13 Å². The van der Waals surface area contributed by atoms with Crippen molar-refractivity contribution in [1.29, 1.82) is 0 Å². The number of amides is 1. The number of anilines is 1. The van der Waals surface area contributed by atoms with Gasteiger partial charge in [-0.1, -0.05) is 13.8 Å². The van der Waals surface area contributed by atoms with Crippen LogP contribution in [-0.2, 0) is 4.74 Å². The second-order valence-electron chi connectivity index (χ2n) is 5.23. The number of hydrogen-bond donors (Lipinski definition) is 1. The third-order valence-electron chi connectivity index (χ3n) is 3.23. The van der Waals surface area contributed by atoms with Gasteiger partial charge < -0.3 is 4.74 Å². The van der Waals surface area contributed by atoms with E-state index in [-0.39, 0.29) is 17.5 Å². The van der Waals surface area contributed by atoms with Crippen molar-refractivity contribution in [2.45, 2.75) is 19.8 Å². The van der Waals surface area contributed by atoms with E-state index in [9.17, 15) is 9.59 Å².